The number of halogens is 1. The summed E-state index contributed by atoms with van der Waals surface area (Å²) in [6.07, 6.45) is 2.46. The zero-order valence-electron chi connectivity index (χ0n) is 10.3. The maximum atomic E-state index is 11.7. The average Bonchev–Trinajstić information content (AvgIpc) is 2.75. The lowest BCUT2D eigenvalue weighted by molar-refractivity contribution is 0.0950. The van der Waals surface area contributed by atoms with Gasteiger partial charge < -0.3 is 14.6 Å². The summed E-state index contributed by atoms with van der Waals surface area (Å²) in [4.78, 5) is 14.0. The first-order valence-electron chi connectivity index (χ1n) is 5.92. The molecule has 0 saturated carbocycles. The number of furan rings is 1. The fraction of sp³-hybridized carbons (Fsp3) is 0.583. The van der Waals surface area contributed by atoms with E-state index in [0.717, 1.165) is 26.1 Å². The van der Waals surface area contributed by atoms with Crippen molar-refractivity contribution >= 4 is 21.8 Å². The summed E-state index contributed by atoms with van der Waals surface area (Å²) in [5, 5.41) is 2.87. The molecule has 1 aromatic heterocycles. The van der Waals surface area contributed by atoms with E-state index >= 15 is 0 Å². The van der Waals surface area contributed by atoms with Crippen molar-refractivity contribution < 1.29 is 9.21 Å². The Hall–Kier alpha value is -0.810. The summed E-state index contributed by atoms with van der Waals surface area (Å²) in [5.41, 5.74) is 0.549. The van der Waals surface area contributed by atoms with E-state index in [9.17, 15) is 4.79 Å². The molecule has 0 aromatic carbocycles. The molecule has 0 aliphatic rings. The number of hydrogen-bond donors (Lipinski definition) is 1. The van der Waals surface area contributed by atoms with Gasteiger partial charge >= 0.3 is 0 Å². The SMILES string of the molecule is CCN(CC)CCCNC(=O)c1ccoc1Br. The van der Waals surface area contributed by atoms with E-state index in [1.807, 2.05) is 0 Å². The smallest absolute Gasteiger partial charge is 0.255 e. The van der Waals surface area contributed by atoms with Crippen molar-refractivity contribution in [3.05, 3.63) is 22.6 Å². The van der Waals surface area contributed by atoms with Crippen molar-refractivity contribution in [1.82, 2.24) is 10.2 Å². The fourth-order valence-corrected chi connectivity index (χ4v) is 2.02. The average molecular weight is 303 g/mol. The van der Waals surface area contributed by atoms with E-state index in [1.165, 1.54) is 6.26 Å². The van der Waals surface area contributed by atoms with Gasteiger partial charge in [0.15, 0.2) is 4.67 Å². The number of nitrogens with one attached hydrogen (secondary N) is 1. The number of amides is 1. The molecule has 1 aromatic rings. The van der Waals surface area contributed by atoms with Crippen LogP contribution in [0.1, 0.15) is 30.6 Å². The zero-order chi connectivity index (χ0) is 12.7. The summed E-state index contributed by atoms with van der Waals surface area (Å²) in [7, 11) is 0. The molecular formula is C12H19BrN2O2. The Balaban J connectivity index is 2.23. The summed E-state index contributed by atoms with van der Waals surface area (Å²) >= 11 is 3.19. The third kappa shape index (κ3) is 4.52. The normalized spacial score (nSPS) is 10.8. The Labute approximate surface area is 110 Å². The Morgan fingerprint density at radius 2 is 2.18 bits per heavy atom. The first kappa shape index (κ1) is 14.3. The van der Waals surface area contributed by atoms with Crippen LogP contribution in [0, 0.1) is 0 Å². The largest absolute Gasteiger partial charge is 0.457 e. The van der Waals surface area contributed by atoms with Crippen molar-refractivity contribution in [1.29, 1.82) is 0 Å². The number of nitrogens with zero attached hydrogens (tertiary/aromatic N) is 1. The third-order valence-corrected chi connectivity index (χ3v) is 3.31. The molecule has 5 heteroatoms. The van der Waals surface area contributed by atoms with Crippen LogP contribution < -0.4 is 5.32 Å². The molecule has 0 bridgehead atoms. The van der Waals surface area contributed by atoms with E-state index in [2.05, 4.69) is 40.0 Å². The highest BCUT2D eigenvalue weighted by Gasteiger charge is 2.11. The molecular weight excluding hydrogens is 284 g/mol. The highest BCUT2D eigenvalue weighted by Crippen LogP contribution is 2.16. The van der Waals surface area contributed by atoms with Crippen LogP contribution in [0.25, 0.3) is 0 Å². The Morgan fingerprint density at radius 1 is 1.47 bits per heavy atom. The molecule has 0 radical (unpaired) electrons. The van der Waals surface area contributed by atoms with Gasteiger partial charge in [0, 0.05) is 6.54 Å². The molecule has 0 aliphatic heterocycles. The first-order chi connectivity index (χ1) is 8.19. The Bertz CT molecular complexity index is 348. The quantitative estimate of drug-likeness (QED) is 0.787. The Morgan fingerprint density at radius 3 is 2.71 bits per heavy atom. The number of rotatable bonds is 7. The van der Waals surface area contributed by atoms with Gasteiger partial charge in [-0.2, -0.15) is 0 Å². The maximum Gasteiger partial charge on any atom is 0.255 e. The number of hydrogen-bond acceptors (Lipinski definition) is 3. The van der Waals surface area contributed by atoms with Crippen LogP contribution in [-0.4, -0.2) is 37.0 Å². The molecule has 0 saturated heterocycles. The van der Waals surface area contributed by atoms with Crippen LogP contribution >= 0.6 is 15.9 Å². The van der Waals surface area contributed by atoms with Crippen LogP contribution in [-0.2, 0) is 0 Å². The number of carbonyl (C=O) groups is 1. The molecule has 96 valence electrons. The lowest BCUT2D eigenvalue weighted by Gasteiger charge is -2.17. The minimum Gasteiger partial charge on any atom is -0.457 e. The van der Waals surface area contributed by atoms with Crippen LogP contribution in [0.3, 0.4) is 0 Å². The molecule has 1 rings (SSSR count). The predicted octanol–water partition coefficient (Wildman–Crippen LogP) is 2.50. The minimum absolute atomic E-state index is 0.0924. The summed E-state index contributed by atoms with van der Waals surface area (Å²) in [6.45, 7) is 8.09. The predicted molar refractivity (Wildman–Crippen MR) is 71.1 cm³/mol. The van der Waals surface area contributed by atoms with E-state index < -0.39 is 0 Å². The second kappa shape index (κ2) is 7.50. The molecule has 17 heavy (non-hydrogen) atoms. The van der Waals surface area contributed by atoms with Gasteiger partial charge in [0.05, 0.1) is 11.8 Å². The molecule has 1 N–H and O–H groups in total. The summed E-state index contributed by atoms with van der Waals surface area (Å²) in [6, 6.07) is 1.66. The van der Waals surface area contributed by atoms with E-state index in [-0.39, 0.29) is 5.91 Å². The monoisotopic (exact) mass is 302 g/mol. The Kier molecular flexibility index (Phi) is 6.29. The van der Waals surface area contributed by atoms with Crippen molar-refractivity contribution in [3.8, 4) is 0 Å². The lowest BCUT2D eigenvalue weighted by atomic mass is 10.3. The topological polar surface area (TPSA) is 45.5 Å². The van der Waals surface area contributed by atoms with Crippen molar-refractivity contribution in [3.63, 3.8) is 0 Å². The molecule has 0 fully saturated rings. The minimum atomic E-state index is -0.0924. The van der Waals surface area contributed by atoms with Crippen molar-refractivity contribution in [2.45, 2.75) is 20.3 Å². The van der Waals surface area contributed by atoms with Crippen LogP contribution in [0.15, 0.2) is 21.4 Å². The summed E-state index contributed by atoms with van der Waals surface area (Å²) in [5.74, 6) is -0.0924. The fourth-order valence-electron chi connectivity index (χ4n) is 1.60. The van der Waals surface area contributed by atoms with Gasteiger partial charge in [0.25, 0.3) is 5.91 Å². The molecule has 1 amide bonds. The van der Waals surface area contributed by atoms with E-state index in [1.54, 1.807) is 6.07 Å². The molecule has 0 spiro atoms. The van der Waals surface area contributed by atoms with Crippen LogP contribution in [0.4, 0.5) is 0 Å². The molecule has 4 nitrogen and oxygen atoms in total. The van der Waals surface area contributed by atoms with Crippen LogP contribution in [0.5, 0.6) is 0 Å². The van der Waals surface area contributed by atoms with Gasteiger partial charge in [-0.25, -0.2) is 0 Å². The van der Waals surface area contributed by atoms with E-state index in [4.69, 9.17) is 4.42 Å². The molecule has 1 heterocycles. The van der Waals surface area contributed by atoms with E-state index in [0.29, 0.717) is 16.8 Å². The first-order valence-corrected chi connectivity index (χ1v) is 6.71. The van der Waals surface area contributed by atoms with Gasteiger partial charge in [-0.3, -0.25) is 4.79 Å². The highest BCUT2D eigenvalue weighted by atomic mass is 79.9. The lowest BCUT2D eigenvalue weighted by Crippen LogP contribution is -2.29. The molecule has 0 unspecified atom stereocenters. The standard InChI is InChI=1S/C12H19BrN2O2/c1-3-15(4-2)8-5-7-14-12(16)10-6-9-17-11(10)13/h6,9H,3-5,7-8H2,1-2H3,(H,14,16). The maximum absolute atomic E-state index is 11.7. The molecule has 0 aliphatic carbocycles. The van der Waals surface area contributed by atoms with Gasteiger partial charge in [0.2, 0.25) is 0 Å². The van der Waals surface area contributed by atoms with Crippen LogP contribution in [0.2, 0.25) is 0 Å². The molecule has 0 atom stereocenters. The zero-order valence-corrected chi connectivity index (χ0v) is 11.9. The van der Waals surface area contributed by atoms with Gasteiger partial charge in [-0.05, 0) is 48.1 Å². The second-order valence-corrected chi connectivity index (χ2v) is 4.46. The van der Waals surface area contributed by atoms with Gasteiger partial charge in [-0.15, -0.1) is 0 Å². The van der Waals surface area contributed by atoms with Gasteiger partial charge in [0.1, 0.15) is 0 Å². The second-order valence-electron chi connectivity index (χ2n) is 3.74. The summed E-state index contributed by atoms with van der Waals surface area (Å²) < 4.78 is 5.50. The van der Waals surface area contributed by atoms with Crippen molar-refractivity contribution in [2.75, 3.05) is 26.2 Å². The number of carbonyl (C=O) groups excluding carboxylic acids is 1. The van der Waals surface area contributed by atoms with Crippen molar-refractivity contribution in [2.24, 2.45) is 0 Å². The third-order valence-electron chi connectivity index (χ3n) is 2.69. The van der Waals surface area contributed by atoms with Gasteiger partial charge in [-0.1, -0.05) is 13.8 Å². The highest BCUT2D eigenvalue weighted by molar-refractivity contribution is 9.10.